The van der Waals surface area contributed by atoms with Crippen LogP contribution >= 0.6 is 0 Å². The van der Waals surface area contributed by atoms with Crippen LogP contribution in [0.5, 0.6) is 11.5 Å². The number of carboxylic acids is 1. The minimum Gasteiger partial charge on any atom is -0.490 e. The molecule has 1 aromatic carbocycles. The number of hydrogen-bond acceptors (Lipinski definition) is 4. The topological polar surface area (TPSA) is 81.8 Å². The van der Waals surface area contributed by atoms with Crippen molar-refractivity contribution in [1.29, 1.82) is 0 Å². The summed E-state index contributed by atoms with van der Waals surface area (Å²) < 4.78 is 11.0. The van der Waals surface area contributed by atoms with E-state index in [2.05, 4.69) is 0 Å². The Labute approximate surface area is 113 Å². The maximum Gasteiger partial charge on any atom is 0.310 e. The Bertz CT molecular complexity index is 422. The minimum absolute atomic E-state index is 0.0821. The normalized spacial score (nSPS) is 13.6. The van der Waals surface area contributed by atoms with Crippen molar-refractivity contribution in [2.24, 2.45) is 11.1 Å². The predicted molar refractivity (Wildman–Crippen MR) is 72.5 cm³/mol. The van der Waals surface area contributed by atoms with E-state index in [1.807, 2.05) is 25.1 Å². The summed E-state index contributed by atoms with van der Waals surface area (Å²) in [6, 6.07) is 7.32. The first kappa shape index (κ1) is 15.3. The van der Waals surface area contributed by atoms with Crippen LogP contribution in [0.4, 0.5) is 0 Å². The number of hydrogen-bond donors (Lipinski definition) is 2. The van der Waals surface area contributed by atoms with Crippen LogP contribution in [0.15, 0.2) is 24.3 Å². The minimum atomic E-state index is -0.958. The molecule has 0 heterocycles. The van der Waals surface area contributed by atoms with Crippen LogP contribution in [0.1, 0.15) is 20.3 Å². The first-order chi connectivity index (χ1) is 9.03. The molecule has 0 aliphatic rings. The van der Waals surface area contributed by atoms with Crippen molar-refractivity contribution >= 4 is 5.97 Å². The molecule has 1 atom stereocenters. The predicted octanol–water partition coefficient (Wildman–Crippen LogP) is 1.90. The molecule has 0 saturated carbocycles. The summed E-state index contributed by atoms with van der Waals surface area (Å²) in [7, 11) is 0. The number of carbonyl (C=O) groups is 1. The fourth-order valence-corrected chi connectivity index (χ4v) is 1.53. The maximum absolute atomic E-state index is 11.1. The van der Waals surface area contributed by atoms with Gasteiger partial charge < -0.3 is 20.3 Å². The third kappa shape index (κ3) is 4.13. The van der Waals surface area contributed by atoms with Gasteiger partial charge in [0.25, 0.3) is 0 Å². The largest absolute Gasteiger partial charge is 0.490 e. The molecule has 1 unspecified atom stereocenters. The van der Waals surface area contributed by atoms with E-state index in [-0.39, 0.29) is 13.2 Å². The highest BCUT2D eigenvalue weighted by Crippen LogP contribution is 2.28. The molecule has 0 radical (unpaired) electrons. The maximum atomic E-state index is 11.1. The number of benzene rings is 1. The summed E-state index contributed by atoms with van der Waals surface area (Å²) in [6.45, 7) is 4.43. The summed E-state index contributed by atoms with van der Waals surface area (Å²) in [5.74, 6) is 0.376. The van der Waals surface area contributed by atoms with E-state index in [0.29, 0.717) is 24.5 Å². The average molecular weight is 267 g/mol. The first-order valence-corrected chi connectivity index (χ1v) is 6.31. The summed E-state index contributed by atoms with van der Waals surface area (Å²) in [6.07, 6.45) is 0.347. The molecule has 19 heavy (non-hydrogen) atoms. The molecular weight excluding hydrogens is 246 g/mol. The second-order valence-corrected chi connectivity index (χ2v) is 4.55. The molecular formula is C14H21NO4. The molecule has 0 aliphatic heterocycles. The zero-order valence-corrected chi connectivity index (χ0v) is 11.4. The van der Waals surface area contributed by atoms with E-state index in [4.69, 9.17) is 20.3 Å². The van der Waals surface area contributed by atoms with Gasteiger partial charge in [-0.05, 0) is 32.4 Å². The lowest BCUT2D eigenvalue weighted by molar-refractivity contribution is -0.148. The van der Waals surface area contributed by atoms with Gasteiger partial charge in [0.2, 0.25) is 0 Å². The van der Waals surface area contributed by atoms with Crippen LogP contribution in [-0.4, -0.2) is 30.8 Å². The highest BCUT2D eigenvalue weighted by atomic mass is 16.5. The standard InChI is InChI=1S/C14H21NO4/c1-3-18-11-6-4-5-7-12(11)19-9-8-14(2,10-15)13(16)17/h4-7H,3,8-10,15H2,1-2H3,(H,16,17). The van der Waals surface area contributed by atoms with Crippen molar-refractivity contribution in [3.05, 3.63) is 24.3 Å². The summed E-state index contributed by atoms with van der Waals surface area (Å²) in [5, 5.41) is 9.11. The van der Waals surface area contributed by atoms with Crippen molar-refractivity contribution < 1.29 is 19.4 Å². The molecule has 3 N–H and O–H groups in total. The van der Waals surface area contributed by atoms with E-state index < -0.39 is 11.4 Å². The molecule has 0 aliphatic carbocycles. The quantitative estimate of drug-likeness (QED) is 0.751. The second kappa shape index (κ2) is 6.99. The van der Waals surface area contributed by atoms with Crippen LogP contribution in [0.2, 0.25) is 0 Å². The first-order valence-electron chi connectivity index (χ1n) is 6.31. The molecule has 0 spiro atoms. The molecule has 1 rings (SSSR count). The van der Waals surface area contributed by atoms with E-state index in [9.17, 15) is 4.79 Å². The zero-order valence-electron chi connectivity index (χ0n) is 11.4. The molecule has 5 heteroatoms. The van der Waals surface area contributed by atoms with E-state index >= 15 is 0 Å². The van der Waals surface area contributed by atoms with Gasteiger partial charge in [0.15, 0.2) is 11.5 Å². The zero-order chi connectivity index (χ0) is 14.3. The van der Waals surface area contributed by atoms with Crippen LogP contribution in [0.25, 0.3) is 0 Å². The number of carboxylic acid groups (broad SMARTS) is 1. The van der Waals surface area contributed by atoms with E-state index in [1.54, 1.807) is 13.0 Å². The van der Waals surface area contributed by atoms with Crippen molar-refractivity contribution in [2.45, 2.75) is 20.3 Å². The Kier molecular flexibility index (Phi) is 5.63. The van der Waals surface area contributed by atoms with Crippen LogP contribution in [-0.2, 0) is 4.79 Å². The average Bonchev–Trinajstić information content (AvgIpc) is 2.40. The van der Waals surface area contributed by atoms with Gasteiger partial charge in [-0.3, -0.25) is 4.79 Å². The Morgan fingerprint density at radius 2 is 1.89 bits per heavy atom. The molecule has 0 aromatic heterocycles. The number of nitrogens with two attached hydrogens (primary N) is 1. The van der Waals surface area contributed by atoms with Gasteiger partial charge in [0.1, 0.15) is 0 Å². The van der Waals surface area contributed by atoms with Gasteiger partial charge in [-0.2, -0.15) is 0 Å². The highest BCUT2D eigenvalue weighted by Gasteiger charge is 2.31. The lowest BCUT2D eigenvalue weighted by Gasteiger charge is -2.22. The highest BCUT2D eigenvalue weighted by molar-refractivity contribution is 5.74. The second-order valence-electron chi connectivity index (χ2n) is 4.55. The van der Waals surface area contributed by atoms with Crippen LogP contribution in [0.3, 0.4) is 0 Å². The van der Waals surface area contributed by atoms with E-state index in [0.717, 1.165) is 0 Å². The summed E-state index contributed by atoms with van der Waals surface area (Å²) >= 11 is 0. The van der Waals surface area contributed by atoms with Gasteiger partial charge in [0, 0.05) is 6.54 Å². The van der Waals surface area contributed by atoms with Gasteiger partial charge in [0.05, 0.1) is 18.6 Å². The third-order valence-corrected chi connectivity index (χ3v) is 3.03. The van der Waals surface area contributed by atoms with Crippen molar-refractivity contribution in [3.8, 4) is 11.5 Å². The molecule has 0 amide bonds. The van der Waals surface area contributed by atoms with Crippen molar-refractivity contribution in [3.63, 3.8) is 0 Å². The molecule has 1 aromatic rings. The number of aliphatic carboxylic acids is 1. The molecule has 106 valence electrons. The fourth-order valence-electron chi connectivity index (χ4n) is 1.53. The lowest BCUT2D eigenvalue weighted by atomic mass is 9.87. The van der Waals surface area contributed by atoms with Crippen molar-refractivity contribution in [2.75, 3.05) is 19.8 Å². The van der Waals surface area contributed by atoms with Gasteiger partial charge in [-0.1, -0.05) is 12.1 Å². The molecule has 0 saturated heterocycles. The van der Waals surface area contributed by atoms with Crippen LogP contribution < -0.4 is 15.2 Å². The summed E-state index contributed by atoms with van der Waals surface area (Å²) in [4.78, 5) is 11.1. The fraction of sp³-hybridized carbons (Fsp3) is 0.500. The summed E-state index contributed by atoms with van der Waals surface area (Å²) in [5.41, 5.74) is 4.55. The number of para-hydroxylation sites is 2. The van der Waals surface area contributed by atoms with Gasteiger partial charge in [-0.15, -0.1) is 0 Å². The lowest BCUT2D eigenvalue weighted by Crippen LogP contribution is -2.37. The monoisotopic (exact) mass is 267 g/mol. The smallest absolute Gasteiger partial charge is 0.310 e. The van der Waals surface area contributed by atoms with Gasteiger partial charge >= 0.3 is 5.97 Å². The Morgan fingerprint density at radius 1 is 1.32 bits per heavy atom. The Balaban J connectivity index is 2.60. The van der Waals surface area contributed by atoms with Crippen molar-refractivity contribution in [1.82, 2.24) is 0 Å². The molecule has 0 fully saturated rings. The number of ether oxygens (including phenoxy) is 2. The SMILES string of the molecule is CCOc1ccccc1OCCC(C)(CN)C(=O)O. The number of rotatable bonds is 8. The molecule has 0 bridgehead atoms. The van der Waals surface area contributed by atoms with E-state index in [1.165, 1.54) is 0 Å². The third-order valence-electron chi connectivity index (χ3n) is 3.03. The Hall–Kier alpha value is -1.75. The van der Waals surface area contributed by atoms with Crippen LogP contribution in [0, 0.1) is 5.41 Å². The molecule has 5 nitrogen and oxygen atoms in total. The Morgan fingerprint density at radius 3 is 2.37 bits per heavy atom. The van der Waals surface area contributed by atoms with Gasteiger partial charge in [-0.25, -0.2) is 0 Å².